The second kappa shape index (κ2) is 4.77. The van der Waals surface area contributed by atoms with Gasteiger partial charge in [0.1, 0.15) is 5.25 Å². The van der Waals surface area contributed by atoms with Crippen LogP contribution < -0.4 is 0 Å². The van der Waals surface area contributed by atoms with Crippen LogP contribution in [0.3, 0.4) is 0 Å². The summed E-state index contributed by atoms with van der Waals surface area (Å²) in [5.74, 6) is 0.204. The van der Waals surface area contributed by atoms with Crippen molar-refractivity contribution in [2.45, 2.75) is 16.9 Å². The first-order chi connectivity index (χ1) is 8.83. The lowest BCUT2D eigenvalue weighted by Crippen LogP contribution is -2.09. The first-order valence-corrected chi connectivity index (χ1v) is 6.28. The predicted molar refractivity (Wildman–Crippen MR) is 62.8 cm³/mol. The maximum absolute atomic E-state index is 11.3. The molecule has 3 heterocycles. The molecule has 6 nitrogen and oxygen atoms in total. The number of esters is 1. The van der Waals surface area contributed by atoms with Crippen LogP contribution in [0.25, 0.3) is 11.5 Å². The van der Waals surface area contributed by atoms with Crippen LogP contribution in [-0.4, -0.2) is 33.0 Å². The van der Waals surface area contributed by atoms with E-state index in [1.54, 1.807) is 24.5 Å². The smallest absolute Gasteiger partial charge is 0.319 e. The number of pyridine rings is 1. The summed E-state index contributed by atoms with van der Waals surface area (Å²) in [5, 5.41) is 7.98. The topological polar surface area (TPSA) is 78.1 Å². The van der Waals surface area contributed by atoms with Crippen LogP contribution in [0.4, 0.5) is 0 Å². The van der Waals surface area contributed by atoms with E-state index in [2.05, 4.69) is 15.2 Å². The van der Waals surface area contributed by atoms with Crippen molar-refractivity contribution in [3.8, 4) is 11.5 Å². The van der Waals surface area contributed by atoms with Gasteiger partial charge in [-0.1, -0.05) is 0 Å². The van der Waals surface area contributed by atoms with Gasteiger partial charge < -0.3 is 9.15 Å². The molecule has 1 fully saturated rings. The quantitative estimate of drug-likeness (QED) is 0.777. The van der Waals surface area contributed by atoms with E-state index in [4.69, 9.17) is 9.15 Å². The van der Waals surface area contributed by atoms with Crippen molar-refractivity contribution in [2.24, 2.45) is 0 Å². The third-order valence-electron chi connectivity index (χ3n) is 2.46. The van der Waals surface area contributed by atoms with Gasteiger partial charge in [0.05, 0.1) is 6.61 Å². The molecule has 0 saturated carbocycles. The van der Waals surface area contributed by atoms with Gasteiger partial charge in [-0.2, -0.15) is 0 Å². The van der Waals surface area contributed by atoms with Crippen LogP contribution >= 0.6 is 11.8 Å². The molecule has 0 aliphatic carbocycles. The molecule has 3 rings (SSSR count). The number of carbonyl (C=O) groups is 1. The first-order valence-electron chi connectivity index (χ1n) is 5.40. The highest BCUT2D eigenvalue weighted by atomic mass is 32.2. The molecule has 1 saturated heterocycles. The molecule has 1 unspecified atom stereocenters. The van der Waals surface area contributed by atoms with Crippen molar-refractivity contribution in [3.63, 3.8) is 0 Å². The number of cyclic esters (lactones) is 1. The molecule has 2 aromatic heterocycles. The Balaban J connectivity index is 1.76. The van der Waals surface area contributed by atoms with E-state index in [9.17, 15) is 4.79 Å². The number of hydrogen-bond donors (Lipinski definition) is 0. The second-order valence-corrected chi connectivity index (χ2v) is 4.83. The van der Waals surface area contributed by atoms with Crippen molar-refractivity contribution < 1.29 is 13.9 Å². The van der Waals surface area contributed by atoms with Gasteiger partial charge in [-0.3, -0.25) is 9.78 Å². The fourth-order valence-electron chi connectivity index (χ4n) is 1.57. The third kappa shape index (κ3) is 2.21. The van der Waals surface area contributed by atoms with Gasteiger partial charge >= 0.3 is 5.97 Å². The standard InChI is InChI=1S/C11H9N3O3S/c15-10-8(3-6-16-10)18-11-14-13-9(17-11)7-1-4-12-5-2-7/h1-2,4-5,8H,3,6H2. The van der Waals surface area contributed by atoms with E-state index in [-0.39, 0.29) is 11.2 Å². The highest BCUT2D eigenvalue weighted by Gasteiger charge is 2.29. The average molecular weight is 263 g/mol. The second-order valence-electron chi connectivity index (χ2n) is 3.67. The number of rotatable bonds is 3. The van der Waals surface area contributed by atoms with Crippen LogP contribution in [0.1, 0.15) is 6.42 Å². The van der Waals surface area contributed by atoms with Crippen molar-refractivity contribution in [3.05, 3.63) is 24.5 Å². The van der Waals surface area contributed by atoms with Gasteiger partial charge in [-0.05, 0) is 23.9 Å². The molecule has 0 spiro atoms. The summed E-state index contributed by atoms with van der Waals surface area (Å²) in [6.07, 6.45) is 3.98. The van der Waals surface area contributed by atoms with E-state index in [1.165, 1.54) is 11.8 Å². The van der Waals surface area contributed by atoms with Gasteiger partial charge in [0, 0.05) is 24.4 Å². The summed E-state index contributed by atoms with van der Waals surface area (Å²) < 4.78 is 10.4. The monoisotopic (exact) mass is 263 g/mol. The fraction of sp³-hybridized carbons (Fsp3) is 0.273. The lowest BCUT2D eigenvalue weighted by Gasteiger charge is -1.99. The lowest BCUT2D eigenvalue weighted by atomic mass is 10.3. The van der Waals surface area contributed by atoms with E-state index in [0.29, 0.717) is 24.1 Å². The minimum Gasteiger partial charge on any atom is -0.465 e. The van der Waals surface area contributed by atoms with Gasteiger partial charge in [0.15, 0.2) is 0 Å². The number of carbonyl (C=O) groups excluding carboxylic acids is 1. The van der Waals surface area contributed by atoms with Crippen molar-refractivity contribution in [2.75, 3.05) is 6.61 Å². The van der Waals surface area contributed by atoms with Gasteiger partial charge in [0.2, 0.25) is 5.89 Å². The highest BCUT2D eigenvalue weighted by molar-refractivity contribution is 8.00. The van der Waals surface area contributed by atoms with Crippen molar-refractivity contribution in [1.29, 1.82) is 0 Å². The Morgan fingerprint density at radius 3 is 2.83 bits per heavy atom. The molecular weight excluding hydrogens is 254 g/mol. The molecule has 0 bridgehead atoms. The molecule has 0 radical (unpaired) electrons. The Kier molecular flexibility index (Phi) is 2.97. The molecule has 0 amide bonds. The minimum absolute atomic E-state index is 0.219. The Morgan fingerprint density at radius 2 is 2.11 bits per heavy atom. The largest absolute Gasteiger partial charge is 0.465 e. The Labute approximate surface area is 107 Å². The molecule has 0 aromatic carbocycles. The average Bonchev–Trinajstić information content (AvgIpc) is 3.02. The van der Waals surface area contributed by atoms with E-state index in [1.807, 2.05) is 0 Å². The fourth-order valence-corrected chi connectivity index (χ4v) is 2.41. The number of hydrogen-bond acceptors (Lipinski definition) is 7. The first kappa shape index (κ1) is 11.2. The van der Waals surface area contributed by atoms with Crippen LogP contribution in [-0.2, 0) is 9.53 Å². The number of aromatic nitrogens is 3. The zero-order chi connectivity index (χ0) is 12.4. The van der Waals surface area contributed by atoms with Gasteiger partial charge in [-0.25, -0.2) is 0 Å². The summed E-state index contributed by atoms with van der Waals surface area (Å²) in [5.41, 5.74) is 0.804. The number of thioether (sulfide) groups is 1. The van der Waals surface area contributed by atoms with E-state index in [0.717, 1.165) is 5.56 Å². The van der Waals surface area contributed by atoms with Crippen molar-refractivity contribution >= 4 is 17.7 Å². The van der Waals surface area contributed by atoms with E-state index >= 15 is 0 Å². The molecule has 7 heteroatoms. The molecule has 2 aromatic rings. The van der Waals surface area contributed by atoms with Crippen LogP contribution in [0.15, 0.2) is 34.2 Å². The normalized spacial score (nSPS) is 18.9. The third-order valence-corrected chi connectivity index (χ3v) is 3.54. The number of nitrogens with zero attached hydrogens (tertiary/aromatic N) is 3. The highest BCUT2D eigenvalue weighted by Crippen LogP contribution is 2.30. The van der Waals surface area contributed by atoms with Gasteiger partial charge in [-0.15, -0.1) is 10.2 Å². The maximum Gasteiger partial charge on any atom is 0.319 e. The maximum atomic E-state index is 11.3. The number of ether oxygens (including phenoxy) is 1. The van der Waals surface area contributed by atoms with Crippen LogP contribution in [0, 0.1) is 0 Å². The molecule has 92 valence electrons. The molecule has 1 aliphatic heterocycles. The zero-order valence-corrected chi connectivity index (χ0v) is 10.1. The Hall–Kier alpha value is -1.89. The Morgan fingerprint density at radius 1 is 1.28 bits per heavy atom. The van der Waals surface area contributed by atoms with Gasteiger partial charge in [0.25, 0.3) is 5.22 Å². The summed E-state index contributed by atoms with van der Waals surface area (Å²) >= 11 is 1.24. The van der Waals surface area contributed by atoms with Crippen molar-refractivity contribution in [1.82, 2.24) is 15.2 Å². The molecule has 18 heavy (non-hydrogen) atoms. The summed E-state index contributed by atoms with van der Waals surface area (Å²) in [6, 6.07) is 3.57. The Bertz CT molecular complexity index is 558. The van der Waals surface area contributed by atoms with E-state index < -0.39 is 0 Å². The minimum atomic E-state index is -0.240. The summed E-state index contributed by atoms with van der Waals surface area (Å²) in [7, 11) is 0. The summed E-state index contributed by atoms with van der Waals surface area (Å²) in [4.78, 5) is 15.2. The zero-order valence-electron chi connectivity index (χ0n) is 9.28. The molecule has 1 atom stereocenters. The molecular formula is C11H9N3O3S. The lowest BCUT2D eigenvalue weighted by molar-refractivity contribution is -0.137. The van der Waals surface area contributed by atoms with Crippen LogP contribution in [0.2, 0.25) is 0 Å². The predicted octanol–water partition coefficient (Wildman–Crippen LogP) is 1.54. The SMILES string of the molecule is O=C1OCCC1Sc1nnc(-c2ccncc2)o1. The summed E-state index contributed by atoms with van der Waals surface area (Å²) in [6.45, 7) is 0.460. The molecule has 1 aliphatic rings. The van der Waals surface area contributed by atoms with Crippen LogP contribution in [0.5, 0.6) is 0 Å². The molecule has 0 N–H and O–H groups in total.